The molecule has 2 aromatic heterocycles. The molecule has 0 bridgehead atoms. The number of rotatable bonds is 5. The third-order valence-corrected chi connectivity index (χ3v) is 3.57. The van der Waals surface area contributed by atoms with E-state index in [1.807, 2.05) is 6.07 Å². The maximum atomic E-state index is 11.8. The Bertz CT molecular complexity index is 646. The molecule has 7 heteroatoms. The molecule has 1 aliphatic carbocycles. The van der Waals surface area contributed by atoms with Gasteiger partial charge in [0, 0.05) is 18.7 Å². The highest BCUT2D eigenvalue weighted by Gasteiger charge is 2.57. The second kappa shape index (κ2) is 5.16. The largest absolute Gasteiger partial charge is 0.481 e. The molecule has 0 atom stereocenters. The Labute approximate surface area is 121 Å². The van der Waals surface area contributed by atoms with Gasteiger partial charge in [0.1, 0.15) is 5.41 Å². The van der Waals surface area contributed by atoms with Gasteiger partial charge in [0.25, 0.3) is 0 Å². The fourth-order valence-electron chi connectivity index (χ4n) is 2.16. The summed E-state index contributed by atoms with van der Waals surface area (Å²) >= 11 is 0. The summed E-state index contributed by atoms with van der Waals surface area (Å²) in [7, 11) is 2.93. The van der Waals surface area contributed by atoms with Crippen LogP contribution in [0, 0.1) is 0 Å². The van der Waals surface area contributed by atoms with E-state index >= 15 is 0 Å². The van der Waals surface area contributed by atoms with Gasteiger partial charge in [-0.05, 0) is 18.4 Å². The van der Waals surface area contributed by atoms with Crippen LogP contribution in [0.15, 0.2) is 22.9 Å². The van der Waals surface area contributed by atoms with Gasteiger partial charge in [0.15, 0.2) is 5.82 Å². The van der Waals surface area contributed by atoms with E-state index in [0.29, 0.717) is 36.9 Å². The number of carbonyl (C=O) groups excluding carboxylic acids is 1. The number of esters is 1. The predicted octanol–water partition coefficient (Wildman–Crippen LogP) is 1.27. The molecule has 0 saturated heterocycles. The van der Waals surface area contributed by atoms with Crippen molar-refractivity contribution in [2.75, 3.05) is 14.2 Å². The Morgan fingerprint density at radius 1 is 1.38 bits per heavy atom. The summed E-state index contributed by atoms with van der Waals surface area (Å²) in [4.78, 5) is 20.2. The van der Waals surface area contributed by atoms with Crippen LogP contribution in [0.1, 0.15) is 30.1 Å². The van der Waals surface area contributed by atoms with Crippen LogP contribution in [0.5, 0.6) is 5.88 Å². The first-order valence-corrected chi connectivity index (χ1v) is 6.58. The number of pyridine rings is 1. The van der Waals surface area contributed by atoms with Gasteiger partial charge in [0.2, 0.25) is 11.8 Å². The van der Waals surface area contributed by atoms with Crippen molar-refractivity contribution in [3.05, 3.63) is 35.6 Å². The summed E-state index contributed by atoms with van der Waals surface area (Å²) in [6.45, 7) is 0. The Morgan fingerprint density at radius 3 is 2.76 bits per heavy atom. The summed E-state index contributed by atoms with van der Waals surface area (Å²) in [6.07, 6.45) is 3.55. The first kappa shape index (κ1) is 13.5. The van der Waals surface area contributed by atoms with Crippen molar-refractivity contribution in [1.29, 1.82) is 0 Å². The zero-order valence-electron chi connectivity index (χ0n) is 11.8. The molecule has 21 heavy (non-hydrogen) atoms. The summed E-state index contributed by atoms with van der Waals surface area (Å²) in [5.74, 6) is 1.09. The summed E-state index contributed by atoms with van der Waals surface area (Å²) in [5, 5.41) is 3.92. The molecule has 0 radical (unpaired) electrons. The molecule has 2 heterocycles. The molecule has 1 fully saturated rings. The Hall–Kier alpha value is -2.44. The normalized spacial score (nSPS) is 15.5. The van der Waals surface area contributed by atoms with E-state index in [2.05, 4.69) is 15.1 Å². The number of nitrogens with zero attached hydrogens (tertiary/aromatic N) is 3. The predicted molar refractivity (Wildman–Crippen MR) is 70.8 cm³/mol. The minimum absolute atomic E-state index is 0.316. The molecule has 2 aromatic rings. The topological polar surface area (TPSA) is 87.3 Å². The lowest BCUT2D eigenvalue weighted by molar-refractivity contribution is -0.144. The molecule has 3 rings (SSSR count). The number of hydrogen-bond donors (Lipinski definition) is 0. The smallest absolute Gasteiger partial charge is 0.321 e. The molecule has 0 aromatic carbocycles. The van der Waals surface area contributed by atoms with Gasteiger partial charge in [-0.2, -0.15) is 4.98 Å². The molecular formula is C14H15N3O4. The molecular weight excluding hydrogens is 274 g/mol. The average Bonchev–Trinajstić information content (AvgIpc) is 3.21. The van der Waals surface area contributed by atoms with Crippen LogP contribution >= 0.6 is 0 Å². The zero-order valence-corrected chi connectivity index (χ0v) is 11.8. The number of aromatic nitrogens is 3. The second-order valence-corrected chi connectivity index (χ2v) is 4.98. The first-order chi connectivity index (χ1) is 10.2. The van der Waals surface area contributed by atoms with Gasteiger partial charge in [0.05, 0.1) is 14.2 Å². The van der Waals surface area contributed by atoms with Crippen LogP contribution in [0.2, 0.25) is 0 Å². The van der Waals surface area contributed by atoms with E-state index in [0.717, 1.165) is 5.56 Å². The van der Waals surface area contributed by atoms with Crippen molar-refractivity contribution in [3.8, 4) is 5.88 Å². The lowest BCUT2D eigenvalue weighted by Crippen LogP contribution is -2.22. The minimum atomic E-state index is -0.724. The molecule has 1 aliphatic rings. The standard InChI is InChI=1S/C14H15N3O4/c1-19-11-4-3-9(8-15-11)7-10-16-12(21-17-10)14(5-6-14)13(18)20-2/h3-4,8H,5-7H2,1-2H3. The van der Waals surface area contributed by atoms with Crippen molar-refractivity contribution < 1.29 is 18.8 Å². The van der Waals surface area contributed by atoms with Gasteiger partial charge in [-0.25, -0.2) is 4.98 Å². The van der Waals surface area contributed by atoms with Gasteiger partial charge >= 0.3 is 5.97 Å². The van der Waals surface area contributed by atoms with Crippen LogP contribution in [-0.4, -0.2) is 35.3 Å². The van der Waals surface area contributed by atoms with E-state index in [9.17, 15) is 4.79 Å². The monoisotopic (exact) mass is 289 g/mol. The van der Waals surface area contributed by atoms with Crippen LogP contribution in [0.25, 0.3) is 0 Å². The van der Waals surface area contributed by atoms with E-state index in [1.165, 1.54) is 7.11 Å². The first-order valence-electron chi connectivity index (χ1n) is 6.58. The molecule has 0 aliphatic heterocycles. The minimum Gasteiger partial charge on any atom is -0.481 e. The maximum absolute atomic E-state index is 11.8. The highest BCUT2D eigenvalue weighted by Crippen LogP contribution is 2.48. The van der Waals surface area contributed by atoms with Gasteiger partial charge in [-0.3, -0.25) is 4.79 Å². The van der Waals surface area contributed by atoms with Crippen LogP contribution in [0.4, 0.5) is 0 Å². The summed E-state index contributed by atoms with van der Waals surface area (Å²) < 4.78 is 15.0. The second-order valence-electron chi connectivity index (χ2n) is 4.98. The summed E-state index contributed by atoms with van der Waals surface area (Å²) in [6, 6.07) is 3.65. The molecule has 0 spiro atoms. The lowest BCUT2D eigenvalue weighted by Gasteiger charge is -2.05. The van der Waals surface area contributed by atoms with Crippen LogP contribution < -0.4 is 4.74 Å². The SMILES string of the molecule is COC(=O)C1(c2nc(Cc3ccc(OC)nc3)no2)CC1. The van der Waals surface area contributed by atoms with Crippen molar-refractivity contribution in [3.63, 3.8) is 0 Å². The van der Waals surface area contributed by atoms with Gasteiger partial charge in [-0.1, -0.05) is 11.2 Å². The lowest BCUT2D eigenvalue weighted by atomic mass is 10.1. The number of ether oxygens (including phenoxy) is 2. The third-order valence-electron chi connectivity index (χ3n) is 3.57. The molecule has 1 saturated carbocycles. The van der Waals surface area contributed by atoms with E-state index in [4.69, 9.17) is 14.0 Å². The van der Waals surface area contributed by atoms with Crippen molar-refractivity contribution in [2.24, 2.45) is 0 Å². The maximum Gasteiger partial charge on any atom is 0.321 e. The number of carbonyl (C=O) groups is 1. The molecule has 0 N–H and O–H groups in total. The van der Waals surface area contributed by atoms with Crippen LogP contribution in [0.3, 0.4) is 0 Å². The van der Waals surface area contributed by atoms with Crippen molar-refractivity contribution in [1.82, 2.24) is 15.1 Å². The molecule has 0 unspecified atom stereocenters. The fourth-order valence-corrected chi connectivity index (χ4v) is 2.16. The molecule has 0 amide bonds. The van der Waals surface area contributed by atoms with Crippen molar-refractivity contribution >= 4 is 5.97 Å². The Kier molecular flexibility index (Phi) is 3.32. The number of hydrogen-bond acceptors (Lipinski definition) is 7. The average molecular weight is 289 g/mol. The molecule has 7 nitrogen and oxygen atoms in total. The Morgan fingerprint density at radius 2 is 2.19 bits per heavy atom. The van der Waals surface area contributed by atoms with E-state index in [-0.39, 0.29) is 5.97 Å². The quantitative estimate of drug-likeness (QED) is 0.766. The fraction of sp³-hybridized carbons (Fsp3) is 0.429. The van der Waals surface area contributed by atoms with E-state index < -0.39 is 5.41 Å². The summed E-state index contributed by atoms with van der Waals surface area (Å²) in [5.41, 5.74) is 0.212. The molecule has 110 valence electrons. The highest BCUT2D eigenvalue weighted by molar-refractivity contribution is 5.85. The van der Waals surface area contributed by atoms with Gasteiger partial charge < -0.3 is 14.0 Å². The Balaban J connectivity index is 1.74. The number of methoxy groups -OCH3 is 2. The van der Waals surface area contributed by atoms with Crippen LogP contribution in [-0.2, 0) is 21.4 Å². The van der Waals surface area contributed by atoms with Gasteiger partial charge in [-0.15, -0.1) is 0 Å². The third kappa shape index (κ3) is 2.46. The highest BCUT2D eigenvalue weighted by atomic mass is 16.5. The van der Waals surface area contributed by atoms with E-state index in [1.54, 1.807) is 19.4 Å². The zero-order chi connectivity index (χ0) is 14.9. The van der Waals surface area contributed by atoms with Crippen molar-refractivity contribution in [2.45, 2.75) is 24.7 Å².